The van der Waals surface area contributed by atoms with Crippen molar-refractivity contribution in [3.05, 3.63) is 42.5 Å². The Bertz CT molecular complexity index is 715. The summed E-state index contributed by atoms with van der Waals surface area (Å²) in [5, 5.41) is 4.62. The van der Waals surface area contributed by atoms with Crippen molar-refractivity contribution in [2.75, 3.05) is 5.73 Å². The van der Waals surface area contributed by atoms with Crippen LogP contribution in [0.25, 0.3) is 21.7 Å². The molecular formula is C13H11FN4S. The van der Waals surface area contributed by atoms with Crippen LogP contribution in [0.4, 0.5) is 9.52 Å². The quantitative estimate of drug-likeness (QED) is 0.781. The summed E-state index contributed by atoms with van der Waals surface area (Å²) in [6, 6.07) is 6.31. The van der Waals surface area contributed by atoms with Crippen LogP contribution in [-0.4, -0.2) is 14.8 Å². The Labute approximate surface area is 113 Å². The van der Waals surface area contributed by atoms with Crippen molar-refractivity contribution in [3.63, 3.8) is 0 Å². The molecule has 0 aliphatic carbocycles. The fourth-order valence-electron chi connectivity index (χ4n) is 1.87. The number of nitrogen functional groups attached to an aromatic ring is 1. The third-order valence-corrected chi connectivity index (χ3v) is 3.66. The molecule has 2 N–H and O–H groups in total. The Morgan fingerprint density at radius 3 is 2.58 bits per heavy atom. The van der Waals surface area contributed by atoms with Gasteiger partial charge in [0.1, 0.15) is 5.82 Å². The van der Waals surface area contributed by atoms with Gasteiger partial charge in [0.25, 0.3) is 0 Å². The highest BCUT2D eigenvalue weighted by Crippen LogP contribution is 2.37. The van der Waals surface area contributed by atoms with E-state index >= 15 is 0 Å². The van der Waals surface area contributed by atoms with Crippen LogP contribution in [0.2, 0.25) is 0 Å². The molecule has 0 saturated heterocycles. The molecule has 0 unspecified atom stereocenters. The van der Waals surface area contributed by atoms with Crippen molar-refractivity contribution in [2.45, 2.75) is 0 Å². The maximum atomic E-state index is 13.0. The third kappa shape index (κ3) is 2.22. The minimum Gasteiger partial charge on any atom is -0.375 e. The van der Waals surface area contributed by atoms with Crippen LogP contribution in [0.3, 0.4) is 0 Å². The van der Waals surface area contributed by atoms with Crippen LogP contribution in [0.1, 0.15) is 0 Å². The highest BCUT2D eigenvalue weighted by atomic mass is 32.1. The molecule has 4 nitrogen and oxygen atoms in total. The lowest BCUT2D eigenvalue weighted by atomic mass is 10.1. The highest BCUT2D eigenvalue weighted by Gasteiger charge is 2.14. The number of anilines is 1. The average molecular weight is 274 g/mol. The van der Waals surface area contributed by atoms with Gasteiger partial charge in [-0.2, -0.15) is 5.10 Å². The summed E-state index contributed by atoms with van der Waals surface area (Å²) in [6.07, 6.45) is 3.61. The minimum absolute atomic E-state index is 0.260. The number of thiazole rings is 1. The predicted molar refractivity (Wildman–Crippen MR) is 74.1 cm³/mol. The number of rotatable bonds is 2. The molecule has 0 amide bonds. The number of hydrogen-bond acceptors (Lipinski definition) is 4. The van der Waals surface area contributed by atoms with Gasteiger partial charge in [-0.05, 0) is 17.7 Å². The van der Waals surface area contributed by atoms with Crippen LogP contribution >= 0.6 is 11.3 Å². The van der Waals surface area contributed by atoms with Crippen molar-refractivity contribution in [1.82, 2.24) is 14.8 Å². The van der Waals surface area contributed by atoms with E-state index < -0.39 is 0 Å². The largest absolute Gasteiger partial charge is 0.375 e. The second-order valence-electron chi connectivity index (χ2n) is 4.14. The first-order valence-electron chi connectivity index (χ1n) is 5.65. The summed E-state index contributed by atoms with van der Waals surface area (Å²) in [7, 11) is 1.84. The Morgan fingerprint density at radius 1 is 1.21 bits per heavy atom. The van der Waals surface area contributed by atoms with E-state index in [0.717, 1.165) is 21.7 Å². The van der Waals surface area contributed by atoms with Gasteiger partial charge in [-0.3, -0.25) is 4.68 Å². The molecule has 0 spiro atoms. The Hall–Kier alpha value is -2.21. The summed E-state index contributed by atoms with van der Waals surface area (Å²) < 4.78 is 14.7. The number of aryl methyl sites for hydroxylation is 1. The van der Waals surface area contributed by atoms with Crippen LogP contribution in [-0.2, 0) is 7.05 Å². The van der Waals surface area contributed by atoms with Gasteiger partial charge in [0.05, 0.1) is 16.8 Å². The first kappa shape index (κ1) is 11.9. The van der Waals surface area contributed by atoms with Crippen LogP contribution in [0.15, 0.2) is 36.7 Å². The molecule has 0 atom stereocenters. The summed E-state index contributed by atoms with van der Waals surface area (Å²) >= 11 is 1.38. The molecule has 0 fully saturated rings. The molecule has 2 heterocycles. The zero-order chi connectivity index (χ0) is 13.4. The molecule has 3 aromatic rings. The number of benzene rings is 1. The molecule has 96 valence electrons. The van der Waals surface area contributed by atoms with Crippen LogP contribution < -0.4 is 5.73 Å². The van der Waals surface area contributed by atoms with Gasteiger partial charge in [0.2, 0.25) is 0 Å². The molecule has 6 heteroatoms. The Morgan fingerprint density at radius 2 is 1.95 bits per heavy atom. The lowest BCUT2D eigenvalue weighted by Gasteiger charge is -2.00. The SMILES string of the molecule is Cn1cc(-c2nc(N)sc2-c2ccc(F)cc2)cn1. The van der Waals surface area contributed by atoms with E-state index in [-0.39, 0.29) is 5.82 Å². The predicted octanol–water partition coefficient (Wildman–Crippen LogP) is 2.93. The van der Waals surface area contributed by atoms with Crippen molar-refractivity contribution < 1.29 is 4.39 Å². The number of nitrogens with zero attached hydrogens (tertiary/aromatic N) is 3. The summed E-state index contributed by atoms with van der Waals surface area (Å²) in [4.78, 5) is 5.26. The van der Waals surface area contributed by atoms with Gasteiger partial charge in [-0.1, -0.05) is 23.5 Å². The van der Waals surface area contributed by atoms with E-state index in [9.17, 15) is 4.39 Å². The molecule has 2 aromatic heterocycles. The fraction of sp³-hybridized carbons (Fsp3) is 0.0769. The van der Waals surface area contributed by atoms with Crippen LogP contribution in [0, 0.1) is 5.82 Å². The smallest absolute Gasteiger partial charge is 0.181 e. The summed E-state index contributed by atoms with van der Waals surface area (Å²) in [6.45, 7) is 0. The van der Waals surface area contributed by atoms with E-state index in [1.54, 1.807) is 23.0 Å². The molecule has 1 aromatic carbocycles. The van der Waals surface area contributed by atoms with Gasteiger partial charge in [-0.25, -0.2) is 9.37 Å². The van der Waals surface area contributed by atoms with Crippen molar-refractivity contribution in [1.29, 1.82) is 0 Å². The normalized spacial score (nSPS) is 10.8. The number of hydrogen-bond donors (Lipinski definition) is 1. The summed E-state index contributed by atoms with van der Waals surface area (Å²) in [5.74, 6) is -0.260. The van der Waals surface area contributed by atoms with E-state index in [4.69, 9.17) is 5.73 Å². The third-order valence-electron chi connectivity index (χ3n) is 2.73. The van der Waals surface area contributed by atoms with E-state index in [1.807, 2.05) is 13.2 Å². The number of nitrogens with two attached hydrogens (primary N) is 1. The van der Waals surface area contributed by atoms with Crippen molar-refractivity contribution >= 4 is 16.5 Å². The highest BCUT2D eigenvalue weighted by molar-refractivity contribution is 7.19. The lowest BCUT2D eigenvalue weighted by molar-refractivity contribution is 0.628. The van der Waals surface area contributed by atoms with Gasteiger partial charge in [0, 0.05) is 18.8 Å². The molecule has 0 bridgehead atoms. The van der Waals surface area contributed by atoms with Crippen molar-refractivity contribution in [2.24, 2.45) is 7.05 Å². The van der Waals surface area contributed by atoms with Gasteiger partial charge >= 0.3 is 0 Å². The van der Waals surface area contributed by atoms with E-state index in [0.29, 0.717) is 5.13 Å². The second kappa shape index (κ2) is 4.47. The van der Waals surface area contributed by atoms with E-state index in [2.05, 4.69) is 10.1 Å². The Balaban J connectivity index is 2.14. The zero-order valence-corrected chi connectivity index (χ0v) is 11.0. The molecule has 0 aliphatic heterocycles. The van der Waals surface area contributed by atoms with Gasteiger partial charge in [-0.15, -0.1) is 0 Å². The zero-order valence-electron chi connectivity index (χ0n) is 10.2. The fourth-order valence-corrected chi connectivity index (χ4v) is 2.73. The number of aromatic nitrogens is 3. The molecular weight excluding hydrogens is 263 g/mol. The Kier molecular flexibility index (Phi) is 2.79. The molecule has 19 heavy (non-hydrogen) atoms. The number of halogens is 1. The van der Waals surface area contributed by atoms with Gasteiger partial charge in [0.15, 0.2) is 5.13 Å². The average Bonchev–Trinajstić information content (AvgIpc) is 2.96. The second-order valence-corrected chi connectivity index (χ2v) is 5.17. The van der Waals surface area contributed by atoms with Crippen molar-refractivity contribution in [3.8, 4) is 21.7 Å². The van der Waals surface area contributed by atoms with Crippen LogP contribution in [0.5, 0.6) is 0 Å². The lowest BCUT2D eigenvalue weighted by Crippen LogP contribution is -1.85. The monoisotopic (exact) mass is 274 g/mol. The topological polar surface area (TPSA) is 56.7 Å². The van der Waals surface area contributed by atoms with Gasteiger partial charge < -0.3 is 5.73 Å². The standard InChI is InChI=1S/C13H11FN4S/c1-18-7-9(6-16-18)11-12(19-13(15)17-11)8-2-4-10(14)5-3-8/h2-7H,1H3,(H2,15,17). The first-order chi connectivity index (χ1) is 9.13. The van der Waals surface area contributed by atoms with E-state index in [1.165, 1.54) is 23.5 Å². The first-order valence-corrected chi connectivity index (χ1v) is 6.46. The maximum absolute atomic E-state index is 13.0. The molecule has 0 aliphatic rings. The molecule has 0 saturated carbocycles. The molecule has 0 radical (unpaired) electrons. The summed E-state index contributed by atoms with van der Waals surface area (Å²) in [5.41, 5.74) is 8.37. The maximum Gasteiger partial charge on any atom is 0.181 e. The molecule has 3 rings (SSSR count). The minimum atomic E-state index is -0.260.